The average molecular weight is 426 g/mol. The standard InChI is InChI=1S/C23H14F4N2O2/c24-16-9-5-14(6-10-16)20-13-28-22(31-20)19-4-2-1-3-18(19)21(30)29-17-11-7-15(8-12-17)23(25,26)27/h1-13H,(H,29,30). The molecule has 0 radical (unpaired) electrons. The third-order valence-electron chi connectivity index (χ3n) is 4.51. The van der Waals surface area contributed by atoms with Gasteiger partial charge in [-0.15, -0.1) is 0 Å². The quantitative estimate of drug-likeness (QED) is 0.383. The molecule has 0 aliphatic carbocycles. The molecule has 4 rings (SSSR count). The highest BCUT2D eigenvalue weighted by Gasteiger charge is 2.30. The van der Waals surface area contributed by atoms with E-state index < -0.39 is 17.6 Å². The number of carbonyl (C=O) groups excluding carboxylic acids is 1. The number of hydrogen-bond donors (Lipinski definition) is 1. The van der Waals surface area contributed by atoms with Gasteiger partial charge in [-0.2, -0.15) is 13.2 Å². The Labute approximate surface area is 174 Å². The third-order valence-corrected chi connectivity index (χ3v) is 4.51. The van der Waals surface area contributed by atoms with Gasteiger partial charge in [0.25, 0.3) is 5.91 Å². The van der Waals surface area contributed by atoms with Crippen LogP contribution in [0, 0.1) is 5.82 Å². The SMILES string of the molecule is O=C(Nc1ccc(C(F)(F)F)cc1)c1ccccc1-c1ncc(-c2ccc(F)cc2)o1. The van der Waals surface area contributed by atoms with Crippen LogP contribution in [0.15, 0.2) is 83.4 Å². The van der Waals surface area contributed by atoms with Crippen molar-refractivity contribution in [2.45, 2.75) is 6.18 Å². The zero-order valence-corrected chi connectivity index (χ0v) is 15.8. The fourth-order valence-electron chi connectivity index (χ4n) is 2.95. The molecule has 4 aromatic rings. The van der Waals surface area contributed by atoms with Crippen molar-refractivity contribution in [1.29, 1.82) is 0 Å². The average Bonchev–Trinajstić information content (AvgIpc) is 3.24. The number of nitrogens with one attached hydrogen (secondary N) is 1. The van der Waals surface area contributed by atoms with Gasteiger partial charge in [0, 0.05) is 16.8 Å². The molecule has 0 fully saturated rings. The van der Waals surface area contributed by atoms with Gasteiger partial charge in [0.1, 0.15) is 5.82 Å². The summed E-state index contributed by atoms with van der Waals surface area (Å²) in [6, 6.07) is 16.4. The summed E-state index contributed by atoms with van der Waals surface area (Å²) in [6.45, 7) is 0. The van der Waals surface area contributed by atoms with Gasteiger partial charge in [0.15, 0.2) is 5.76 Å². The van der Waals surface area contributed by atoms with Gasteiger partial charge in [-0.05, 0) is 60.7 Å². The van der Waals surface area contributed by atoms with Crippen LogP contribution < -0.4 is 5.32 Å². The maximum Gasteiger partial charge on any atom is 0.416 e. The first-order chi connectivity index (χ1) is 14.8. The topological polar surface area (TPSA) is 55.1 Å². The van der Waals surface area contributed by atoms with E-state index in [0.29, 0.717) is 16.9 Å². The van der Waals surface area contributed by atoms with Crippen molar-refractivity contribution in [3.63, 3.8) is 0 Å². The lowest BCUT2D eigenvalue weighted by atomic mass is 10.1. The number of anilines is 1. The second kappa shape index (κ2) is 8.06. The van der Waals surface area contributed by atoms with Crippen LogP contribution in [0.1, 0.15) is 15.9 Å². The van der Waals surface area contributed by atoms with E-state index in [0.717, 1.165) is 12.1 Å². The number of carbonyl (C=O) groups is 1. The summed E-state index contributed by atoms with van der Waals surface area (Å²) in [5.74, 6) is -0.337. The highest BCUT2D eigenvalue weighted by atomic mass is 19.4. The summed E-state index contributed by atoms with van der Waals surface area (Å²) in [5.41, 5.74) is 0.660. The zero-order valence-electron chi connectivity index (χ0n) is 15.8. The lowest BCUT2D eigenvalue weighted by Gasteiger charge is -2.10. The van der Waals surface area contributed by atoms with E-state index in [9.17, 15) is 22.4 Å². The molecule has 0 unspecified atom stereocenters. The van der Waals surface area contributed by atoms with Gasteiger partial charge < -0.3 is 9.73 Å². The van der Waals surface area contributed by atoms with Crippen LogP contribution in [0.3, 0.4) is 0 Å². The maximum atomic E-state index is 13.1. The van der Waals surface area contributed by atoms with E-state index >= 15 is 0 Å². The zero-order chi connectivity index (χ0) is 22.0. The van der Waals surface area contributed by atoms with Crippen LogP contribution in [-0.4, -0.2) is 10.9 Å². The molecule has 0 aliphatic rings. The smallest absolute Gasteiger partial charge is 0.416 e. The molecule has 0 saturated carbocycles. The monoisotopic (exact) mass is 426 g/mol. The molecule has 1 amide bonds. The van der Waals surface area contributed by atoms with Gasteiger partial charge in [-0.3, -0.25) is 4.79 Å². The van der Waals surface area contributed by atoms with E-state index in [1.54, 1.807) is 36.4 Å². The lowest BCUT2D eigenvalue weighted by Crippen LogP contribution is -2.13. The van der Waals surface area contributed by atoms with Crippen LogP contribution in [0.5, 0.6) is 0 Å². The minimum Gasteiger partial charge on any atom is -0.436 e. The summed E-state index contributed by atoms with van der Waals surface area (Å²) >= 11 is 0. The normalized spacial score (nSPS) is 11.4. The molecule has 156 valence electrons. The lowest BCUT2D eigenvalue weighted by molar-refractivity contribution is -0.137. The molecule has 8 heteroatoms. The van der Waals surface area contributed by atoms with Crippen LogP contribution in [-0.2, 0) is 6.18 Å². The number of oxazole rings is 1. The number of halogens is 4. The molecule has 4 nitrogen and oxygen atoms in total. The van der Waals surface area contributed by atoms with Crippen molar-refractivity contribution in [2.75, 3.05) is 5.32 Å². The largest absolute Gasteiger partial charge is 0.436 e. The van der Waals surface area contributed by atoms with Crippen LogP contribution >= 0.6 is 0 Å². The number of nitrogens with zero attached hydrogens (tertiary/aromatic N) is 1. The minimum absolute atomic E-state index is 0.178. The number of benzene rings is 3. The number of alkyl halides is 3. The Bertz CT molecular complexity index is 1210. The number of hydrogen-bond acceptors (Lipinski definition) is 3. The van der Waals surface area contributed by atoms with Gasteiger partial charge in [-0.1, -0.05) is 12.1 Å². The van der Waals surface area contributed by atoms with Crippen molar-refractivity contribution >= 4 is 11.6 Å². The highest BCUT2D eigenvalue weighted by Crippen LogP contribution is 2.31. The Hall–Kier alpha value is -3.94. The van der Waals surface area contributed by atoms with E-state index in [1.165, 1.54) is 30.5 Å². The maximum absolute atomic E-state index is 13.1. The van der Waals surface area contributed by atoms with Crippen molar-refractivity contribution in [1.82, 2.24) is 4.98 Å². The van der Waals surface area contributed by atoms with Crippen LogP contribution in [0.2, 0.25) is 0 Å². The summed E-state index contributed by atoms with van der Waals surface area (Å²) in [5, 5.41) is 2.57. The Morgan fingerprint density at radius 2 is 1.58 bits per heavy atom. The Morgan fingerprint density at radius 3 is 2.26 bits per heavy atom. The Balaban J connectivity index is 1.59. The first kappa shape index (κ1) is 20.3. The molecule has 1 heterocycles. The number of aromatic nitrogens is 1. The molecule has 1 aromatic heterocycles. The number of rotatable bonds is 4. The second-order valence-corrected chi connectivity index (χ2v) is 6.61. The van der Waals surface area contributed by atoms with E-state index in [1.807, 2.05) is 0 Å². The summed E-state index contributed by atoms with van der Waals surface area (Å²) < 4.78 is 57.0. The second-order valence-electron chi connectivity index (χ2n) is 6.61. The molecule has 31 heavy (non-hydrogen) atoms. The molecule has 0 atom stereocenters. The third kappa shape index (κ3) is 4.48. The van der Waals surface area contributed by atoms with Gasteiger partial charge >= 0.3 is 6.18 Å². The van der Waals surface area contributed by atoms with Gasteiger partial charge in [0.05, 0.1) is 17.3 Å². The fraction of sp³-hybridized carbons (Fsp3) is 0.0435. The van der Waals surface area contributed by atoms with E-state index in [-0.39, 0.29) is 23.0 Å². The van der Waals surface area contributed by atoms with Crippen molar-refractivity contribution in [2.24, 2.45) is 0 Å². The Morgan fingerprint density at radius 1 is 0.903 bits per heavy atom. The molecule has 0 aliphatic heterocycles. The molecule has 1 N–H and O–H groups in total. The molecule has 3 aromatic carbocycles. The van der Waals surface area contributed by atoms with Gasteiger partial charge in [0.2, 0.25) is 5.89 Å². The van der Waals surface area contributed by atoms with E-state index in [4.69, 9.17) is 4.42 Å². The number of amides is 1. The molecule has 0 saturated heterocycles. The predicted molar refractivity (Wildman–Crippen MR) is 107 cm³/mol. The van der Waals surface area contributed by atoms with Crippen molar-refractivity contribution in [3.05, 3.63) is 95.9 Å². The predicted octanol–water partition coefficient (Wildman–Crippen LogP) is 6.42. The first-order valence-corrected chi connectivity index (χ1v) is 9.11. The fourth-order valence-corrected chi connectivity index (χ4v) is 2.95. The molecule has 0 bridgehead atoms. The molecule has 0 spiro atoms. The minimum atomic E-state index is -4.46. The summed E-state index contributed by atoms with van der Waals surface area (Å²) in [7, 11) is 0. The van der Waals surface area contributed by atoms with Crippen molar-refractivity contribution < 1.29 is 26.8 Å². The highest BCUT2D eigenvalue weighted by molar-refractivity contribution is 6.08. The first-order valence-electron chi connectivity index (χ1n) is 9.11. The van der Waals surface area contributed by atoms with Crippen LogP contribution in [0.25, 0.3) is 22.8 Å². The summed E-state index contributed by atoms with van der Waals surface area (Å²) in [4.78, 5) is 17.0. The Kier molecular flexibility index (Phi) is 5.29. The van der Waals surface area contributed by atoms with Crippen molar-refractivity contribution in [3.8, 4) is 22.8 Å². The van der Waals surface area contributed by atoms with E-state index in [2.05, 4.69) is 10.3 Å². The summed E-state index contributed by atoms with van der Waals surface area (Å²) in [6.07, 6.45) is -2.99. The molecular formula is C23H14F4N2O2. The molecular weight excluding hydrogens is 412 g/mol. The van der Waals surface area contributed by atoms with Gasteiger partial charge in [-0.25, -0.2) is 9.37 Å². The van der Waals surface area contributed by atoms with Crippen LogP contribution in [0.4, 0.5) is 23.2 Å².